The van der Waals surface area contributed by atoms with Crippen molar-refractivity contribution in [1.82, 2.24) is 5.32 Å². The van der Waals surface area contributed by atoms with Gasteiger partial charge in [-0.25, -0.2) is 0 Å². The lowest BCUT2D eigenvalue weighted by Crippen LogP contribution is -2.44. The maximum absolute atomic E-state index is 12.1. The van der Waals surface area contributed by atoms with Crippen molar-refractivity contribution >= 4 is 17.5 Å². The molecule has 1 fully saturated rings. The maximum Gasteiger partial charge on any atom is 0.243 e. The summed E-state index contributed by atoms with van der Waals surface area (Å²) in [5, 5.41) is 2.49. The summed E-state index contributed by atoms with van der Waals surface area (Å²) < 4.78 is 0. The van der Waals surface area contributed by atoms with Crippen LogP contribution in [0.4, 0.5) is 0 Å². The number of halogens is 1. The van der Waals surface area contributed by atoms with Gasteiger partial charge in [0.25, 0.3) is 0 Å². The van der Waals surface area contributed by atoms with Crippen LogP contribution in [0.25, 0.3) is 0 Å². The summed E-state index contributed by atoms with van der Waals surface area (Å²) in [5.74, 6) is -0.0812. The van der Waals surface area contributed by atoms with Gasteiger partial charge in [0.05, 0.1) is 0 Å². The van der Waals surface area contributed by atoms with E-state index in [9.17, 15) is 4.79 Å². The Balaban J connectivity index is 2.01. The van der Waals surface area contributed by atoms with Crippen LogP contribution in [0.2, 0.25) is 0 Å². The molecule has 0 saturated heterocycles. The molecule has 1 aromatic carbocycles. The van der Waals surface area contributed by atoms with Crippen molar-refractivity contribution in [3.8, 4) is 0 Å². The summed E-state index contributed by atoms with van der Waals surface area (Å²) in [6.07, 6.45) is 4.48. The van der Waals surface area contributed by atoms with Gasteiger partial charge >= 0.3 is 0 Å². The minimum atomic E-state index is -0.589. The molecule has 1 amide bonds. The standard InChI is InChI=1S/C14H18ClNO/c1-14(9-5-6-10-14)16-13(17)12(15)11-7-3-2-4-8-11/h2-4,7-8,12H,5-6,9-10H2,1H3,(H,16,17). The van der Waals surface area contributed by atoms with Gasteiger partial charge in [0.15, 0.2) is 0 Å². The van der Waals surface area contributed by atoms with Crippen LogP contribution in [-0.2, 0) is 4.79 Å². The second-order valence-corrected chi connectivity index (χ2v) is 5.47. The van der Waals surface area contributed by atoms with Gasteiger partial charge in [0.2, 0.25) is 5.91 Å². The average molecular weight is 252 g/mol. The van der Waals surface area contributed by atoms with Gasteiger partial charge in [-0.1, -0.05) is 43.2 Å². The van der Waals surface area contributed by atoms with E-state index in [2.05, 4.69) is 12.2 Å². The van der Waals surface area contributed by atoms with Gasteiger partial charge in [0, 0.05) is 5.54 Å². The molecule has 1 atom stereocenters. The molecule has 1 N–H and O–H groups in total. The molecule has 92 valence electrons. The van der Waals surface area contributed by atoms with E-state index in [1.54, 1.807) is 0 Å². The fourth-order valence-electron chi connectivity index (χ4n) is 2.41. The Morgan fingerprint density at radius 1 is 1.29 bits per heavy atom. The van der Waals surface area contributed by atoms with E-state index in [-0.39, 0.29) is 11.4 Å². The zero-order chi connectivity index (χ0) is 12.3. The number of rotatable bonds is 3. The van der Waals surface area contributed by atoms with Crippen LogP contribution in [0.5, 0.6) is 0 Å². The van der Waals surface area contributed by atoms with Crippen LogP contribution < -0.4 is 5.32 Å². The molecule has 1 saturated carbocycles. The normalized spacial score (nSPS) is 19.9. The Morgan fingerprint density at radius 2 is 1.88 bits per heavy atom. The first kappa shape index (κ1) is 12.4. The number of carbonyl (C=O) groups excluding carboxylic acids is 1. The molecule has 1 unspecified atom stereocenters. The molecule has 2 rings (SSSR count). The Morgan fingerprint density at radius 3 is 2.47 bits per heavy atom. The zero-order valence-electron chi connectivity index (χ0n) is 10.1. The van der Waals surface area contributed by atoms with Gasteiger partial charge in [0.1, 0.15) is 5.38 Å². The van der Waals surface area contributed by atoms with E-state index < -0.39 is 5.38 Å². The number of amides is 1. The molecule has 0 aromatic heterocycles. The molecule has 0 bridgehead atoms. The fourth-order valence-corrected chi connectivity index (χ4v) is 2.61. The van der Waals surface area contributed by atoms with E-state index in [0.29, 0.717) is 0 Å². The second-order valence-electron chi connectivity index (χ2n) is 5.03. The lowest BCUT2D eigenvalue weighted by Gasteiger charge is -2.26. The summed E-state index contributed by atoms with van der Waals surface area (Å²) in [4.78, 5) is 12.1. The van der Waals surface area contributed by atoms with Crippen LogP contribution >= 0.6 is 11.6 Å². The molecule has 0 spiro atoms. The predicted molar refractivity (Wildman–Crippen MR) is 70.1 cm³/mol. The summed E-state index contributed by atoms with van der Waals surface area (Å²) in [6.45, 7) is 2.10. The Bertz CT molecular complexity index is 384. The maximum atomic E-state index is 12.1. The SMILES string of the molecule is CC1(NC(=O)C(Cl)c2ccccc2)CCCC1. The van der Waals surface area contributed by atoms with Gasteiger partial charge in [-0.3, -0.25) is 4.79 Å². The van der Waals surface area contributed by atoms with Crippen molar-refractivity contribution in [2.24, 2.45) is 0 Å². The summed E-state index contributed by atoms with van der Waals surface area (Å²) in [6, 6.07) is 9.48. The average Bonchev–Trinajstić information content (AvgIpc) is 2.76. The third kappa shape index (κ3) is 3.01. The molecular weight excluding hydrogens is 234 g/mol. The third-order valence-corrected chi connectivity index (χ3v) is 3.90. The first-order chi connectivity index (χ1) is 8.11. The highest BCUT2D eigenvalue weighted by Crippen LogP contribution is 2.30. The Kier molecular flexibility index (Phi) is 3.72. The molecular formula is C14H18ClNO. The van der Waals surface area contributed by atoms with Crippen molar-refractivity contribution < 1.29 is 4.79 Å². The van der Waals surface area contributed by atoms with Crippen LogP contribution in [-0.4, -0.2) is 11.4 Å². The quantitative estimate of drug-likeness (QED) is 0.820. The highest BCUT2D eigenvalue weighted by molar-refractivity contribution is 6.30. The lowest BCUT2D eigenvalue weighted by atomic mass is 10.00. The molecule has 2 nitrogen and oxygen atoms in total. The molecule has 0 heterocycles. The molecule has 1 aliphatic carbocycles. The van der Waals surface area contributed by atoms with Crippen molar-refractivity contribution in [3.63, 3.8) is 0 Å². The molecule has 1 aliphatic rings. The van der Waals surface area contributed by atoms with Crippen LogP contribution in [0, 0.1) is 0 Å². The smallest absolute Gasteiger partial charge is 0.243 e. The lowest BCUT2D eigenvalue weighted by molar-refractivity contribution is -0.122. The molecule has 0 radical (unpaired) electrons. The Labute approximate surface area is 107 Å². The second kappa shape index (κ2) is 5.09. The number of alkyl halides is 1. The molecule has 3 heteroatoms. The van der Waals surface area contributed by atoms with E-state index in [1.165, 1.54) is 12.8 Å². The van der Waals surface area contributed by atoms with Gasteiger partial charge in [-0.05, 0) is 25.3 Å². The fraction of sp³-hybridized carbons (Fsp3) is 0.500. The first-order valence-corrected chi connectivity index (χ1v) is 6.55. The zero-order valence-corrected chi connectivity index (χ0v) is 10.8. The van der Waals surface area contributed by atoms with Crippen molar-refractivity contribution in [3.05, 3.63) is 35.9 Å². The van der Waals surface area contributed by atoms with Gasteiger partial charge < -0.3 is 5.32 Å². The topological polar surface area (TPSA) is 29.1 Å². The van der Waals surface area contributed by atoms with Gasteiger partial charge in [-0.2, -0.15) is 0 Å². The van der Waals surface area contributed by atoms with E-state index in [4.69, 9.17) is 11.6 Å². The number of hydrogen-bond acceptors (Lipinski definition) is 1. The van der Waals surface area contributed by atoms with Crippen molar-refractivity contribution in [2.45, 2.75) is 43.5 Å². The summed E-state index contributed by atoms with van der Waals surface area (Å²) in [7, 11) is 0. The largest absolute Gasteiger partial charge is 0.349 e. The van der Waals surface area contributed by atoms with Crippen molar-refractivity contribution in [1.29, 1.82) is 0 Å². The number of nitrogens with one attached hydrogen (secondary N) is 1. The Hall–Kier alpha value is -1.02. The molecule has 1 aromatic rings. The third-order valence-electron chi connectivity index (χ3n) is 3.45. The summed E-state index contributed by atoms with van der Waals surface area (Å²) >= 11 is 6.19. The first-order valence-electron chi connectivity index (χ1n) is 6.12. The molecule has 0 aliphatic heterocycles. The van der Waals surface area contributed by atoms with E-state index >= 15 is 0 Å². The van der Waals surface area contributed by atoms with E-state index in [0.717, 1.165) is 18.4 Å². The summed E-state index contributed by atoms with van der Waals surface area (Å²) in [5.41, 5.74) is 0.798. The number of carbonyl (C=O) groups is 1. The highest BCUT2D eigenvalue weighted by Gasteiger charge is 2.32. The van der Waals surface area contributed by atoms with Crippen LogP contribution in [0.3, 0.4) is 0 Å². The number of benzene rings is 1. The van der Waals surface area contributed by atoms with Gasteiger partial charge in [-0.15, -0.1) is 11.6 Å². The number of hydrogen-bond donors (Lipinski definition) is 1. The van der Waals surface area contributed by atoms with Crippen LogP contribution in [0.15, 0.2) is 30.3 Å². The minimum Gasteiger partial charge on any atom is -0.349 e. The van der Waals surface area contributed by atoms with Crippen LogP contribution in [0.1, 0.15) is 43.5 Å². The minimum absolute atomic E-state index is 0.0565. The predicted octanol–water partition coefficient (Wildman–Crippen LogP) is 3.42. The van der Waals surface area contributed by atoms with E-state index in [1.807, 2.05) is 30.3 Å². The highest BCUT2D eigenvalue weighted by atomic mass is 35.5. The van der Waals surface area contributed by atoms with Crippen molar-refractivity contribution in [2.75, 3.05) is 0 Å². The molecule has 17 heavy (non-hydrogen) atoms. The monoisotopic (exact) mass is 251 g/mol.